The van der Waals surface area contributed by atoms with E-state index in [9.17, 15) is 8.78 Å². The number of nitrogens with two attached hydrogens (primary N) is 1. The molecular formula is C16H25F2N. The Morgan fingerprint density at radius 3 is 2.21 bits per heavy atom. The van der Waals surface area contributed by atoms with Crippen LogP contribution in [0.15, 0.2) is 24.3 Å². The lowest BCUT2D eigenvalue weighted by molar-refractivity contribution is 0.144. The molecule has 3 heteroatoms. The van der Waals surface area contributed by atoms with Crippen LogP contribution in [-0.4, -0.2) is 6.43 Å². The average molecular weight is 269 g/mol. The maximum absolute atomic E-state index is 10.8. The molecule has 0 fully saturated rings. The van der Waals surface area contributed by atoms with Crippen LogP contribution in [0.3, 0.4) is 0 Å². The summed E-state index contributed by atoms with van der Waals surface area (Å²) in [6, 6.07) is 6.40. The normalized spacial score (nSPS) is 10.7. The first-order valence-electron chi connectivity index (χ1n) is 6.82. The third-order valence-electron chi connectivity index (χ3n) is 2.67. The molecule has 1 nitrogen and oxygen atoms in total. The van der Waals surface area contributed by atoms with Crippen LogP contribution in [0.4, 0.5) is 8.78 Å². The maximum atomic E-state index is 10.8. The number of rotatable bonds is 5. The molecule has 1 aromatic rings. The number of aryl methyl sites for hydroxylation is 1. The highest BCUT2D eigenvalue weighted by molar-refractivity contribution is 5.58. The summed E-state index contributed by atoms with van der Waals surface area (Å²) in [5.74, 6) is 0. The number of benzene rings is 1. The van der Waals surface area contributed by atoms with Crippen molar-refractivity contribution in [3.8, 4) is 0 Å². The van der Waals surface area contributed by atoms with Gasteiger partial charge < -0.3 is 5.73 Å². The molecule has 0 atom stereocenters. The van der Waals surface area contributed by atoms with Crippen LogP contribution in [0.2, 0.25) is 0 Å². The standard InChI is InChI=1S/C13H19N.C3H6F2/c1-3-6-11-8-5-9-12(10-14)13(11)7-4-2;1-2-3(4)5/h4-5,7-9H,3,6,10,14H2,1-2H3;3H,2H2,1H3/b7-4-;. The van der Waals surface area contributed by atoms with E-state index in [2.05, 4.69) is 37.3 Å². The molecule has 0 radical (unpaired) electrons. The van der Waals surface area contributed by atoms with Gasteiger partial charge in [-0.1, -0.05) is 50.6 Å². The van der Waals surface area contributed by atoms with Crippen molar-refractivity contribution >= 4 is 6.08 Å². The predicted octanol–water partition coefficient (Wildman–Crippen LogP) is 4.79. The van der Waals surface area contributed by atoms with Crippen LogP contribution in [0, 0.1) is 0 Å². The van der Waals surface area contributed by atoms with Gasteiger partial charge in [0.1, 0.15) is 0 Å². The summed E-state index contributed by atoms with van der Waals surface area (Å²) in [6.45, 7) is 6.32. The van der Waals surface area contributed by atoms with Gasteiger partial charge in [0.2, 0.25) is 6.43 Å². The molecule has 0 spiro atoms. The summed E-state index contributed by atoms with van der Waals surface area (Å²) in [5, 5.41) is 0. The minimum atomic E-state index is -2.12. The van der Waals surface area contributed by atoms with Crippen LogP contribution < -0.4 is 5.73 Å². The molecule has 0 bridgehead atoms. The van der Waals surface area contributed by atoms with Crippen molar-refractivity contribution in [3.63, 3.8) is 0 Å². The van der Waals surface area contributed by atoms with E-state index in [1.807, 2.05) is 6.92 Å². The highest BCUT2D eigenvalue weighted by atomic mass is 19.3. The van der Waals surface area contributed by atoms with Gasteiger partial charge in [-0.05, 0) is 30.0 Å². The van der Waals surface area contributed by atoms with Crippen LogP contribution >= 0.6 is 0 Å². The highest BCUT2D eigenvalue weighted by Crippen LogP contribution is 2.18. The van der Waals surface area contributed by atoms with Gasteiger partial charge >= 0.3 is 0 Å². The topological polar surface area (TPSA) is 26.0 Å². The highest BCUT2D eigenvalue weighted by Gasteiger charge is 2.02. The molecule has 108 valence electrons. The Labute approximate surface area is 115 Å². The van der Waals surface area contributed by atoms with Gasteiger partial charge in [0.05, 0.1) is 0 Å². The first kappa shape index (κ1) is 17.8. The molecular weight excluding hydrogens is 244 g/mol. The van der Waals surface area contributed by atoms with Crippen molar-refractivity contribution < 1.29 is 8.78 Å². The molecule has 2 N–H and O–H groups in total. The summed E-state index contributed by atoms with van der Waals surface area (Å²) >= 11 is 0. The van der Waals surface area contributed by atoms with Gasteiger partial charge in [-0.15, -0.1) is 0 Å². The fraction of sp³-hybridized carbons (Fsp3) is 0.500. The Bertz CT molecular complexity index is 373. The second-order valence-electron chi connectivity index (χ2n) is 4.24. The minimum Gasteiger partial charge on any atom is -0.326 e. The van der Waals surface area contributed by atoms with E-state index < -0.39 is 6.43 Å². The molecule has 0 aliphatic heterocycles. The Morgan fingerprint density at radius 1 is 1.21 bits per heavy atom. The molecule has 0 heterocycles. The number of hydrogen-bond acceptors (Lipinski definition) is 1. The monoisotopic (exact) mass is 269 g/mol. The predicted molar refractivity (Wildman–Crippen MR) is 79.3 cm³/mol. The molecule has 0 unspecified atom stereocenters. The van der Waals surface area contributed by atoms with Crippen LogP contribution in [0.5, 0.6) is 0 Å². The quantitative estimate of drug-likeness (QED) is 0.817. The molecule has 0 saturated heterocycles. The van der Waals surface area contributed by atoms with E-state index in [-0.39, 0.29) is 6.42 Å². The number of allylic oxidation sites excluding steroid dienone is 1. The van der Waals surface area contributed by atoms with Crippen LogP contribution in [-0.2, 0) is 13.0 Å². The zero-order chi connectivity index (χ0) is 14.7. The molecule has 0 amide bonds. The smallest absolute Gasteiger partial charge is 0.238 e. The second kappa shape index (κ2) is 10.7. The largest absolute Gasteiger partial charge is 0.326 e. The van der Waals surface area contributed by atoms with E-state index in [0.717, 1.165) is 6.42 Å². The Kier molecular flexibility index (Phi) is 9.99. The Hall–Kier alpha value is -1.22. The Morgan fingerprint density at radius 2 is 1.79 bits per heavy atom. The molecule has 1 aromatic carbocycles. The van der Waals surface area contributed by atoms with Gasteiger partial charge in [0.15, 0.2) is 0 Å². The summed E-state index contributed by atoms with van der Waals surface area (Å²) < 4.78 is 21.5. The molecule has 0 saturated carbocycles. The van der Waals surface area contributed by atoms with Crippen molar-refractivity contribution in [2.75, 3.05) is 0 Å². The molecule has 0 aromatic heterocycles. The van der Waals surface area contributed by atoms with Crippen molar-refractivity contribution in [1.82, 2.24) is 0 Å². The van der Waals surface area contributed by atoms with Crippen molar-refractivity contribution in [2.24, 2.45) is 5.73 Å². The summed E-state index contributed by atoms with van der Waals surface area (Å²) in [5.41, 5.74) is 9.69. The fourth-order valence-corrected chi connectivity index (χ4v) is 1.71. The fourth-order valence-electron chi connectivity index (χ4n) is 1.71. The average Bonchev–Trinajstić information content (AvgIpc) is 2.41. The second-order valence-corrected chi connectivity index (χ2v) is 4.24. The van der Waals surface area contributed by atoms with Gasteiger partial charge in [0.25, 0.3) is 0 Å². The maximum Gasteiger partial charge on any atom is 0.238 e. The van der Waals surface area contributed by atoms with Gasteiger partial charge in [-0.25, -0.2) is 8.78 Å². The summed E-state index contributed by atoms with van der Waals surface area (Å²) in [7, 11) is 0. The summed E-state index contributed by atoms with van der Waals surface area (Å²) in [4.78, 5) is 0. The molecule has 1 rings (SSSR count). The zero-order valence-corrected chi connectivity index (χ0v) is 12.1. The van der Waals surface area contributed by atoms with Crippen LogP contribution in [0.1, 0.15) is 50.3 Å². The number of halogens is 2. The Balaban J connectivity index is 0.000000555. The lowest BCUT2D eigenvalue weighted by Crippen LogP contribution is -2.01. The van der Waals surface area contributed by atoms with E-state index in [1.54, 1.807) is 0 Å². The molecule has 0 aliphatic rings. The lowest BCUT2D eigenvalue weighted by Gasteiger charge is -2.09. The van der Waals surface area contributed by atoms with Gasteiger partial charge in [0, 0.05) is 13.0 Å². The van der Waals surface area contributed by atoms with Gasteiger partial charge in [-0.2, -0.15) is 0 Å². The van der Waals surface area contributed by atoms with E-state index in [1.165, 1.54) is 30.0 Å². The third kappa shape index (κ3) is 7.06. The summed E-state index contributed by atoms with van der Waals surface area (Å²) in [6.07, 6.45) is 4.41. The zero-order valence-electron chi connectivity index (χ0n) is 12.1. The van der Waals surface area contributed by atoms with Crippen molar-refractivity contribution in [1.29, 1.82) is 0 Å². The first-order chi connectivity index (χ1) is 9.10. The van der Waals surface area contributed by atoms with Crippen molar-refractivity contribution in [2.45, 2.75) is 53.0 Å². The lowest BCUT2D eigenvalue weighted by atomic mass is 9.97. The van der Waals surface area contributed by atoms with E-state index in [4.69, 9.17) is 5.73 Å². The minimum absolute atomic E-state index is 0.0278. The third-order valence-corrected chi connectivity index (χ3v) is 2.67. The van der Waals surface area contributed by atoms with E-state index in [0.29, 0.717) is 6.54 Å². The van der Waals surface area contributed by atoms with Gasteiger partial charge in [-0.3, -0.25) is 0 Å². The number of alkyl halides is 2. The van der Waals surface area contributed by atoms with Crippen molar-refractivity contribution in [3.05, 3.63) is 41.0 Å². The van der Waals surface area contributed by atoms with Crippen LogP contribution in [0.25, 0.3) is 6.08 Å². The first-order valence-corrected chi connectivity index (χ1v) is 6.82. The molecule has 0 aliphatic carbocycles. The molecule has 19 heavy (non-hydrogen) atoms. The van der Waals surface area contributed by atoms with E-state index >= 15 is 0 Å². The number of hydrogen-bond donors (Lipinski definition) is 1. The SMILES string of the molecule is C/C=C\c1c(CN)cccc1CCC.CCC(F)F.